The van der Waals surface area contributed by atoms with Crippen molar-refractivity contribution in [1.82, 2.24) is 0 Å². The molecule has 0 saturated heterocycles. The summed E-state index contributed by atoms with van der Waals surface area (Å²) in [5.41, 5.74) is 1.19. The Morgan fingerprint density at radius 2 is 2.00 bits per heavy atom. The van der Waals surface area contributed by atoms with Gasteiger partial charge in [-0.1, -0.05) is 6.42 Å². The van der Waals surface area contributed by atoms with Gasteiger partial charge in [-0.3, -0.25) is 4.79 Å². The third kappa shape index (κ3) is 10.9. The van der Waals surface area contributed by atoms with Crippen LogP contribution in [0, 0.1) is 13.3 Å². The Hall–Kier alpha value is -1.18. The van der Waals surface area contributed by atoms with E-state index in [-0.39, 0.29) is 23.0 Å². The van der Waals surface area contributed by atoms with E-state index >= 15 is 0 Å². The number of rotatable bonds is 3. The van der Waals surface area contributed by atoms with E-state index in [2.05, 4.69) is 18.0 Å². The number of methoxy groups -OCH3 is 1. The summed E-state index contributed by atoms with van der Waals surface area (Å²) in [5, 5.41) is 0. The maximum Gasteiger partial charge on any atom is 0 e. The molecule has 1 aromatic carbocycles. The Labute approximate surface area is 105 Å². The predicted molar refractivity (Wildman–Crippen MR) is 50.2 cm³/mol. The summed E-state index contributed by atoms with van der Waals surface area (Å²) >= 11 is 0. The van der Waals surface area contributed by atoms with Crippen LogP contribution < -0.4 is 0 Å². The fourth-order valence-electron chi connectivity index (χ4n) is 0.929. The van der Waals surface area contributed by atoms with Crippen LogP contribution >= 0.6 is 0 Å². The molecule has 0 aliphatic carbocycles. The van der Waals surface area contributed by atoms with Gasteiger partial charge in [0.25, 0.3) is 0 Å². The number of hydrogen-bond donors (Lipinski definition) is 0. The molecule has 0 fully saturated rings. The molecule has 0 aromatic heterocycles. The van der Waals surface area contributed by atoms with Crippen LogP contribution in [0.4, 0.5) is 0 Å². The van der Waals surface area contributed by atoms with E-state index in [1.165, 1.54) is 12.7 Å². The van der Waals surface area contributed by atoms with Gasteiger partial charge in [-0.2, -0.15) is 23.8 Å². The van der Waals surface area contributed by atoms with Gasteiger partial charge >= 0.3 is 28.6 Å². The number of aryl methyl sites for hydroxylation is 1. The minimum Gasteiger partial charge on any atom is 0 e. The third-order valence-corrected chi connectivity index (χ3v) is 1.58. The van der Waals surface area contributed by atoms with Gasteiger partial charge in [0.2, 0.25) is 0 Å². The number of ether oxygens (including phenoxy) is 1. The summed E-state index contributed by atoms with van der Waals surface area (Å²) in [6.07, 6.45) is 1.25. The van der Waals surface area contributed by atoms with Crippen LogP contribution in [0.2, 0.25) is 0 Å². The normalized spacial score (nSPS) is 6.81. The molecule has 16 heavy (non-hydrogen) atoms. The van der Waals surface area contributed by atoms with Gasteiger partial charge in [-0.25, -0.2) is 6.07 Å². The minimum absolute atomic E-state index is 0. The maximum absolute atomic E-state index is 10.7. The smallest absolute Gasteiger partial charge is 0 e. The molecule has 0 spiro atoms. The second-order valence-corrected chi connectivity index (χ2v) is 2.37. The zero-order valence-electron chi connectivity index (χ0n) is 8.73. The molecule has 0 amide bonds. The van der Waals surface area contributed by atoms with Gasteiger partial charge in [0.1, 0.15) is 0 Å². The van der Waals surface area contributed by atoms with Crippen molar-refractivity contribution in [2.45, 2.75) is 12.8 Å². The van der Waals surface area contributed by atoms with Gasteiger partial charge in [0.05, 0.1) is 7.11 Å². The van der Waals surface area contributed by atoms with Gasteiger partial charge in [-0.15, -0.1) is 0 Å². The molecule has 0 bridgehead atoms. The van der Waals surface area contributed by atoms with Crippen LogP contribution in [-0.4, -0.2) is 13.1 Å². The van der Waals surface area contributed by atoms with Crippen LogP contribution in [0.1, 0.15) is 12.0 Å². The van der Waals surface area contributed by atoms with Crippen LogP contribution in [0.5, 0.6) is 0 Å². The van der Waals surface area contributed by atoms with Crippen molar-refractivity contribution in [2.24, 2.45) is 0 Å². The van der Waals surface area contributed by atoms with Crippen LogP contribution in [0.3, 0.4) is 0 Å². The molecule has 5 heteroatoms. The fraction of sp³-hybridized carbons (Fsp3) is 0.273. The number of carbonyl (C=O) groups excluding carboxylic acids is 1. The van der Waals surface area contributed by atoms with Crippen molar-refractivity contribution < 1.29 is 35.9 Å². The summed E-state index contributed by atoms with van der Waals surface area (Å²) in [4.78, 5) is 10.7. The fourth-order valence-corrected chi connectivity index (χ4v) is 0.929. The molecular weight excluding hydrogens is 251 g/mol. The molecule has 4 nitrogen and oxygen atoms in total. The molecule has 0 atom stereocenters. The molecule has 0 unspecified atom stereocenters. The number of carbonyl (C=O) groups is 1. The maximum atomic E-state index is 10.7. The summed E-state index contributed by atoms with van der Waals surface area (Å²) in [7, 11) is 1.41. The first-order valence-electron chi connectivity index (χ1n) is 4.01. The average molecular weight is 262 g/mol. The molecule has 0 aliphatic heterocycles. The molecule has 0 N–H and O–H groups in total. The monoisotopic (exact) mass is 262 g/mol. The Bertz CT molecular complexity index is 281. The second-order valence-electron chi connectivity index (χ2n) is 2.37. The minimum atomic E-state index is -0.147. The number of esters is 1. The average Bonchev–Trinajstić information content (AvgIpc) is 2.84. The SMILES string of the molecule is COC(=O)CCc1cc[cH-]c1.[C-]#[O+].[C-]#[O+].[Mn]. The quantitative estimate of drug-likeness (QED) is 0.358. The summed E-state index contributed by atoms with van der Waals surface area (Å²) in [6, 6.07) is 7.94. The molecule has 87 valence electrons. The van der Waals surface area contributed by atoms with E-state index in [0.717, 1.165) is 6.42 Å². The van der Waals surface area contributed by atoms with Crippen molar-refractivity contribution in [3.63, 3.8) is 0 Å². The first-order chi connectivity index (χ1) is 7.33. The zero-order valence-corrected chi connectivity index (χ0v) is 9.91. The largest absolute Gasteiger partial charge is 0 e. The molecule has 1 rings (SSSR count). The Kier molecular flexibility index (Phi) is 20.6. The molecule has 0 aliphatic rings. The topological polar surface area (TPSA) is 66.1 Å². The van der Waals surface area contributed by atoms with E-state index in [9.17, 15) is 4.79 Å². The molecule has 0 saturated carbocycles. The van der Waals surface area contributed by atoms with Crippen LogP contribution in [0.25, 0.3) is 0 Å². The van der Waals surface area contributed by atoms with Gasteiger partial charge in [0.15, 0.2) is 0 Å². The standard InChI is InChI=1S/C9H11O2.2CO.Mn/c1-11-9(10)7-6-8-4-2-3-5-8;2*1-2;/h2-5H,6-7H2,1H3;;;/q-1;;;. The molecule has 0 heterocycles. The van der Waals surface area contributed by atoms with Crippen molar-refractivity contribution in [1.29, 1.82) is 0 Å². The van der Waals surface area contributed by atoms with Gasteiger partial charge in [-0.05, 0) is 0 Å². The van der Waals surface area contributed by atoms with E-state index in [1.54, 1.807) is 0 Å². The predicted octanol–water partition coefficient (Wildman–Crippen LogP) is 1.43. The zero-order chi connectivity index (χ0) is 12.1. The van der Waals surface area contributed by atoms with Crippen LogP contribution in [-0.2, 0) is 42.3 Å². The summed E-state index contributed by atoms with van der Waals surface area (Å²) < 4.78 is 19.5. The van der Waals surface area contributed by atoms with Crippen molar-refractivity contribution in [3.05, 3.63) is 43.1 Å². The molecular formula is C11H11MnO4-. The molecule has 1 aromatic rings. The summed E-state index contributed by atoms with van der Waals surface area (Å²) in [6.45, 7) is 9.00. The second kappa shape index (κ2) is 16.3. The van der Waals surface area contributed by atoms with Crippen molar-refractivity contribution in [3.8, 4) is 0 Å². The van der Waals surface area contributed by atoms with E-state index < -0.39 is 0 Å². The Balaban J connectivity index is -0.000000305. The number of hydrogen-bond acceptors (Lipinski definition) is 2. The van der Waals surface area contributed by atoms with Gasteiger partial charge in [0, 0.05) is 23.5 Å². The summed E-state index contributed by atoms with van der Waals surface area (Å²) in [5.74, 6) is -0.147. The van der Waals surface area contributed by atoms with Crippen molar-refractivity contribution in [2.75, 3.05) is 7.11 Å². The first-order valence-corrected chi connectivity index (χ1v) is 4.01. The Morgan fingerprint density at radius 3 is 2.38 bits per heavy atom. The first kappa shape index (κ1) is 20.3. The Morgan fingerprint density at radius 1 is 1.44 bits per heavy atom. The molecule has 1 radical (unpaired) electrons. The van der Waals surface area contributed by atoms with Gasteiger partial charge < -0.3 is 4.74 Å². The van der Waals surface area contributed by atoms with E-state index in [4.69, 9.17) is 9.30 Å². The van der Waals surface area contributed by atoms with E-state index in [0.29, 0.717) is 6.42 Å². The van der Waals surface area contributed by atoms with Crippen molar-refractivity contribution >= 4 is 5.97 Å². The van der Waals surface area contributed by atoms with Crippen LogP contribution in [0.15, 0.2) is 24.3 Å². The third-order valence-electron chi connectivity index (χ3n) is 1.58. The van der Waals surface area contributed by atoms with E-state index in [1.807, 2.05) is 24.3 Å².